The van der Waals surface area contributed by atoms with Gasteiger partial charge in [0.2, 0.25) is 0 Å². The van der Waals surface area contributed by atoms with Gasteiger partial charge in [-0.1, -0.05) is 13.3 Å². The van der Waals surface area contributed by atoms with Crippen LogP contribution in [0.1, 0.15) is 46.0 Å². The van der Waals surface area contributed by atoms with Crippen LogP contribution in [0.5, 0.6) is 0 Å². The summed E-state index contributed by atoms with van der Waals surface area (Å²) in [6.45, 7) is 9.60. The molecule has 0 saturated carbocycles. The molecule has 0 aromatic heterocycles. The van der Waals surface area contributed by atoms with Crippen molar-refractivity contribution in [1.82, 2.24) is 0 Å². The van der Waals surface area contributed by atoms with Gasteiger partial charge in [0, 0.05) is 12.4 Å². The van der Waals surface area contributed by atoms with Gasteiger partial charge in [0.05, 0.1) is 50.1 Å². The summed E-state index contributed by atoms with van der Waals surface area (Å²) in [6, 6.07) is 0. The van der Waals surface area contributed by atoms with Crippen LogP contribution in [0.25, 0.3) is 0 Å². The summed E-state index contributed by atoms with van der Waals surface area (Å²) in [4.78, 5) is 0. The number of rotatable bonds is 16. The van der Waals surface area contributed by atoms with Crippen LogP contribution in [-0.4, -0.2) is 76.3 Å². The minimum Gasteiger partial charge on any atom is -0.748 e. The summed E-state index contributed by atoms with van der Waals surface area (Å²) in [6.07, 6.45) is 4.74. The summed E-state index contributed by atoms with van der Waals surface area (Å²) in [7, 11) is -1.90. The highest BCUT2D eigenvalue weighted by molar-refractivity contribution is 7.85. The van der Waals surface area contributed by atoms with E-state index in [1.165, 1.54) is 12.8 Å². The zero-order valence-corrected chi connectivity index (χ0v) is 15.9. The quantitative estimate of drug-likeness (QED) is 0.241. The predicted octanol–water partition coefficient (Wildman–Crippen LogP) is 2.00. The van der Waals surface area contributed by atoms with Gasteiger partial charge in [-0.3, -0.25) is 0 Å². The molecular formula is C16H35NO5S. The maximum atomic E-state index is 10.7. The lowest BCUT2D eigenvalue weighted by atomic mass is 10.2. The van der Waals surface area contributed by atoms with Crippen LogP contribution < -0.4 is 0 Å². The number of hydrogen-bond acceptors (Lipinski definition) is 5. The Morgan fingerprint density at radius 2 is 1.48 bits per heavy atom. The van der Waals surface area contributed by atoms with Gasteiger partial charge in [-0.2, -0.15) is 0 Å². The summed E-state index contributed by atoms with van der Waals surface area (Å²) in [5.74, 6) is -0.257. The smallest absolute Gasteiger partial charge is 0.102 e. The Bertz CT molecular complexity index is 375. The zero-order valence-electron chi connectivity index (χ0n) is 15.1. The van der Waals surface area contributed by atoms with Crippen molar-refractivity contribution in [3.63, 3.8) is 0 Å². The van der Waals surface area contributed by atoms with E-state index in [9.17, 15) is 13.0 Å². The van der Waals surface area contributed by atoms with E-state index in [-0.39, 0.29) is 5.75 Å². The summed E-state index contributed by atoms with van der Waals surface area (Å²) in [5.41, 5.74) is 0. The molecule has 0 radical (unpaired) electrons. The fourth-order valence-corrected chi connectivity index (χ4v) is 3.06. The summed E-state index contributed by atoms with van der Waals surface area (Å²) < 4.78 is 43.7. The minimum atomic E-state index is -4.09. The summed E-state index contributed by atoms with van der Waals surface area (Å²) >= 11 is 0. The molecule has 0 aromatic rings. The van der Waals surface area contributed by atoms with E-state index in [2.05, 4.69) is 14.0 Å². The molecule has 1 atom stereocenters. The predicted molar refractivity (Wildman–Crippen MR) is 91.4 cm³/mol. The first-order chi connectivity index (χ1) is 10.8. The van der Waals surface area contributed by atoms with Crippen molar-refractivity contribution in [1.29, 1.82) is 0 Å². The van der Waals surface area contributed by atoms with E-state index < -0.39 is 10.1 Å². The van der Waals surface area contributed by atoms with Gasteiger partial charge in [0.15, 0.2) is 0 Å². The number of likely N-dealkylation sites (N-methyl/N-ethyl adjacent to an activating group) is 1. The maximum Gasteiger partial charge on any atom is 0.102 e. The molecule has 1 unspecified atom stereocenters. The second-order valence-electron chi connectivity index (χ2n) is 6.28. The number of unbranched alkanes of at least 4 members (excludes halogenated alkanes) is 3. The van der Waals surface area contributed by atoms with Crippen molar-refractivity contribution in [2.75, 3.05) is 58.9 Å². The van der Waals surface area contributed by atoms with Crippen molar-refractivity contribution in [2.24, 2.45) is 0 Å². The van der Waals surface area contributed by atoms with E-state index in [1.807, 2.05) is 6.92 Å². The topological polar surface area (TPSA) is 75.7 Å². The van der Waals surface area contributed by atoms with Gasteiger partial charge in [-0.15, -0.1) is 0 Å². The molecule has 0 aliphatic carbocycles. The van der Waals surface area contributed by atoms with Gasteiger partial charge in [0.1, 0.15) is 6.54 Å². The molecule has 0 fully saturated rings. The van der Waals surface area contributed by atoms with Crippen LogP contribution in [0, 0.1) is 0 Å². The van der Waals surface area contributed by atoms with Gasteiger partial charge >= 0.3 is 0 Å². The molecule has 0 heterocycles. The fourth-order valence-electron chi connectivity index (χ4n) is 2.50. The molecule has 140 valence electrons. The largest absolute Gasteiger partial charge is 0.748 e. The molecule has 0 N–H and O–H groups in total. The Morgan fingerprint density at radius 3 is 2.04 bits per heavy atom. The summed E-state index contributed by atoms with van der Waals surface area (Å²) in [5, 5.41) is 0. The first-order valence-corrected chi connectivity index (χ1v) is 10.3. The number of nitrogens with zero attached hydrogens (tertiary/aromatic N) is 1. The van der Waals surface area contributed by atoms with Crippen molar-refractivity contribution in [3.8, 4) is 0 Å². The normalized spacial score (nSPS) is 14.8. The zero-order chi connectivity index (χ0) is 17.6. The standard InChI is InChI=1S/C16H35NO5S/c1-4-6-7-10-17(3,11-8-9-16-23(18,19)20)12-13-22-15-14-21-5-2/h4-16H2,1-3H3. The van der Waals surface area contributed by atoms with Crippen LogP contribution >= 0.6 is 0 Å². The van der Waals surface area contributed by atoms with Gasteiger partial charge in [0.25, 0.3) is 0 Å². The van der Waals surface area contributed by atoms with Gasteiger partial charge < -0.3 is 18.5 Å². The minimum absolute atomic E-state index is 0.257. The van der Waals surface area contributed by atoms with Crippen molar-refractivity contribution < 1.29 is 26.9 Å². The highest BCUT2D eigenvalue weighted by Gasteiger charge is 2.20. The van der Waals surface area contributed by atoms with Crippen LogP contribution in [0.3, 0.4) is 0 Å². The molecule has 0 aliphatic rings. The molecule has 0 bridgehead atoms. The highest BCUT2D eigenvalue weighted by Crippen LogP contribution is 2.10. The van der Waals surface area contributed by atoms with Gasteiger partial charge in [-0.25, -0.2) is 8.42 Å². The third-order valence-corrected chi connectivity index (χ3v) is 4.78. The van der Waals surface area contributed by atoms with E-state index in [4.69, 9.17) is 9.47 Å². The first-order valence-electron chi connectivity index (χ1n) is 8.75. The fraction of sp³-hybridized carbons (Fsp3) is 1.00. The second kappa shape index (κ2) is 13.1. The molecular weight excluding hydrogens is 318 g/mol. The van der Waals surface area contributed by atoms with Crippen LogP contribution in [0.2, 0.25) is 0 Å². The molecule has 0 rings (SSSR count). The molecule has 7 heteroatoms. The van der Waals surface area contributed by atoms with Gasteiger partial charge in [-0.05, 0) is 32.6 Å². The Labute approximate surface area is 142 Å². The van der Waals surface area contributed by atoms with E-state index in [1.54, 1.807) is 0 Å². The number of ether oxygens (including phenoxy) is 2. The monoisotopic (exact) mass is 353 g/mol. The third-order valence-electron chi connectivity index (χ3n) is 4.00. The Hall–Kier alpha value is -0.210. The Balaban J connectivity index is 4.12. The molecule has 0 saturated heterocycles. The molecule has 0 amide bonds. The average Bonchev–Trinajstić information content (AvgIpc) is 2.47. The highest BCUT2D eigenvalue weighted by atomic mass is 32.2. The Kier molecular flexibility index (Phi) is 13.0. The third kappa shape index (κ3) is 15.1. The number of quaternary nitrogens is 1. The Morgan fingerprint density at radius 1 is 0.870 bits per heavy atom. The molecule has 0 spiro atoms. The number of hydrogen-bond donors (Lipinski definition) is 0. The lowest BCUT2D eigenvalue weighted by Crippen LogP contribution is -2.48. The lowest BCUT2D eigenvalue weighted by molar-refractivity contribution is -0.910. The van der Waals surface area contributed by atoms with Crippen LogP contribution in [0.15, 0.2) is 0 Å². The van der Waals surface area contributed by atoms with Crippen molar-refractivity contribution >= 4 is 10.1 Å². The lowest BCUT2D eigenvalue weighted by Gasteiger charge is -2.35. The van der Waals surface area contributed by atoms with E-state index >= 15 is 0 Å². The SMILES string of the molecule is CCCCC[N+](C)(CCCCS(=O)(=O)[O-])CCOCCOCC. The van der Waals surface area contributed by atoms with Crippen molar-refractivity contribution in [2.45, 2.75) is 46.0 Å². The molecule has 0 aromatic carbocycles. The molecule has 23 heavy (non-hydrogen) atoms. The molecule has 0 aliphatic heterocycles. The van der Waals surface area contributed by atoms with E-state index in [0.29, 0.717) is 32.8 Å². The maximum absolute atomic E-state index is 10.7. The van der Waals surface area contributed by atoms with Crippen molar-refractivity contribution in [3.05, 3.63) is 0 Å². The van der Waals surface area contributed by atoms with Crippen LogP contribution in [-0.2, 0) is 19.6 Å². The second-order valence-corrected chi connectivity index (χ2v) is 7.80. The first kappa shape index (κ1) is 22.8. The molecule has 6 nitrogen and oxygen atoms in total. The van der Waals surface area contributed by atoms with Crippen LogP contribution in [0.4, 0.5) is 0 Å². The average molecular weight is 354 g/mol. The van der Waals surface area contributed by atoms with E-state index in [0.717, 1.165) is 37.0 Å².